The van der Waals surface area contributed by atoms with E-state index in [-0.39, 0.29) is 23.3 Å². The van der Waals surface area contributed by atoms with Crippen molar-refractivity contribution in [1.29, 1.82) is 5.26 Å². The minimum atomic E-state index is -1.03. The maximum atomic E-state index is 13.0. The Morgan fingerprint density at radius 3 is 2.68 bits per heavy atom. The average Bonchev–Trinajstić information content (AvgIpc) is 2.93. The van der Waals surface area contributed by atoms with Crippen LogP contribution in [0.2, 0.25) is 0 Å². The van der Waals surface area contributed by atoms with Gasteiger partial charge in [0.05, 0.1) is 28.8 Å². The first-order chi connectivity index (χ1) is 12.0. The molecule has 6 nitrogen and oxygen atoms in total. The van der Waals surface area contributed by atoms with E-state index in [0.29, 0.717) is 5.82 Å². The Balaban J connectivity index is 2.06. The fourth-order valence-electron chi connectivity index (χ4n) is 2.71. The Bertz CT molecular complexity index is 969. The average molecular weight is 334 g/mol. The molecule has 1 atom stereocenters. The summed E-state index contributed by atoms with van der Waals surface area (Å²) < 4.78 is 7.40. The summed E-state index contributed by atoms with van der Waals surface area (Å²) in [5, 5.41) is 9.65. The predicted molar refractivity (Wildman–Crippen MR) is 93.4 cm³/mol. The summed E-state index contributed by atoms with van der Waals surface area (Å²) in [7, 11) is 1.80. The van der Waals surface area contributed by atoms with Gasteiger partial charge in [0.2, 0.25) is 5.88 Å². The number of ether oxygens (including phenoxy) is 1. The molecule has 0 radical (unpaired) electrons. The molecule has 6 heteroatoms. The molecule has 126 valence electrons. The van der Waals surface area contributed by atoms with Gasteiger partial charge in [-0.1, -0.05) is 12.1 Å². The number of benzene rings is 1. The Morgan fingerprint density at radius 2 is 2.00 bits per heavy atom. The number of Topliss-reactive ketones (excluding diaryl/α,β-unsaturated/α-hetero) is 1. The smallest absolute Gasteiger partial charge is 0.224 e. The predicted octanol–water partition coefficient (Wildman–Crippen LogP) is 3.25. The van der Waals surface area contributed by atoms with Crippen molar-refractivity contribution in [2.24, 2.45) is 7.05 Å². The number of aromatic nitrogens is 3. The topological polar surface area (TPSA) is 80.8 Å². The number of ketones is 1. The highest BCUT2D eigenvalue weighted by Crippen LogP contribution is 2.27. The Kier molecular flexibility index (Phi) is 4.48. The van der Waals surface area contributed by atoms with E-state index in [1.54, 1.807) is 29.9 Å². The number of nitrogens with zero attached hydrogens (tertiary/aromatic N) is 4. The molecule has 0 unspecified atom stereocenters. The second-order valence-electron chi connectivity index (χ2n) is 5.97. The minimum absolute atomic E-state index is 0.127. The summed E-state index contributed by atoms with van der Waals surface area (Å²) in [6.45, 7) is 3.71. The monoisotopic (exact) mass is 334 g/mol. The lowest BCUT2D eigenvalue weighted by Crippen LogP contribution is -2.18. The van der Waals surface area contributed by atoms with Gasteiger partial charge in [0.1, 0.15) is 5.82 Å². The van der Waals surface area contributed by atoms with Crippen molar-refractivity contribution in [3.63, 3.8) is 0 Å². The molecule has 0 aliphatic heterocycles. The van der Waals surface area contributed by atoms with Gasteiger partial charge >= 0.3 is 0 Å². The highest BCUT2D eigenvalue weighted by Gasteiger charge is 2.29. The van der Waals surface area contributed by atoms with Gasteiger partial charge in [0, 0.05) is 13.2 Å². The number of para-hydroxylation sites is 2. The lowest BCUT2D eigenvalue weighted by Gasteiger charge is -2.14. The third-order valence-corrected chi connectivity index (χ3v) is 3.86. The zero-order valence-corrected chi connectivity index (χ0v) is 14.3. The van der Waals surface area contributed by atoms with Crippen LogP contribution in [0.1, 0.15) is 35.9 Å². The molecule has 0 aliphatic carbocycles. The van der Waals surface area contributed by atoms with Crippen LogP contribution in [-0.4, -0.2) is 26.4 Å². The fourth-order valence-corrected chi connectivity index (χ4v) is 2.71. The van der Waals surface area contributed by atoms with Crippen LogP contribution in [0.25, 0.3) is 11.0 Å². The van der Waals surface area contributed by atoms with Crippen molar-refractivity contribution in [3.8, 4) is 11.9 Å². The van der Waals surface area contributed by atoms with Crippen LogP contribution in [0.5, 0.6) is 5.88 Å². The first-order valence-electron chi connectivity index (χ1n) is 7.99. The number of hydrogen-bond donors (Lipinski definition) is 0. The SMILES string of the molecule is CC(C)Oc1ncccc1C(=O)[C@H](C#N)c1nc2ccccc2n1C. The van der Waals surface area contributed by atoms with Crippen LogP contribution < -0.4 is 4.74 Å². The van der Waals surface area contributed by atoms with Crippen molar-refractivity contribution in [3.05, 3.63) is 54.0 Å². The van der Waals surface area contributed by atoms with Crippen molar-refractivity contribution < 1.29 is 9.53 Å². The van der Waals surface area contributed by atoms with Gasteiger partial charge in [0.15, 0.2) is 11.7 Å². The summed E-state index contributed by atoms with van der Waals surface area (Å²) >= 11 is 0. The molecule has 0 saturated carbocycles. The summed E-state index contributed by atoms with van der Waals surface area (Å²) in [6, 6.07) is 12.9. The molecule has 0 amide bonds. The Labute approximate surface area is 145 Å². The molecular formula is C19H18N4O2. The molecule has 0 fully saturated rings. The van der Waals surface area contributed by atoms with E-state index in [1.807, 2.05) is 38.1 Å². The molecular weight excluding hydrogens is 316 g/mol. The number of aryl methyl sites for hydroxylation is 1. The van der Waals surface area contributed by atoms with Crippen molar-refractivity contribution in [2.75, 3.05) is 0 Å². The number of carbonyl (C=O) groups excluding carboxylic acids is 1. The van der Waals surface area contributed by atoms with Crippen LogP contribution in [0, 0.1) is 11.3 Å². The van der Waals surface area contributed by atoms with Crippen molar-refractivity contribution in [1.82, 2.24) is 14.5 Å². The number of imidazole rings is 1. The molecule has 1 aromatic carbocycles. The van der Waals surface area contributed by atoms with Gasteiger partial charge in [0.25, 0.3) is 0 Å². The number of rotatable bonds is 5. The lowest BCUT2D eigenvalue weighted by molar-refractivity contribution is 0.0968. The number of fused-ring (bicyclic) bond motifs is 1. The van der Waals surface area contributed by atoms with Gasteiger partial charge in [-0.15, -0.1) is 0 Å². The molecule has 0 N–H and O–H groups in total. The lowest BCUT2D eigenvalue weighted by atomic mass is 9.99. The van der Waals surface area contributed by atoms with E-state index in [4.69, 9.17) is 4.74 Å². The van der Waals surface area contributed by atoms with Crippen LogP contribution in [0.15, 0.2) is 42.6 Å². The third kappa shape index (κ3) is 3.09. The molecule has 0 aliphatic rings. The van der Waals surface area contributed by atoms with Crippen LogP contribution >= 0.6 is 0 Å². The quantitative estimate of drug-likeness (QED) is 0.669. The van der Waals surface area contributed by atoms with E-state index in [2.05, 4.69) is 16.0 Å². The van der Waals surface area contributed by atoms with Gasteiger partial charge < -0.3 is 9.30 Å². The second kappa shape index (κ2) is 6.73. The molecule has 0 saturated heterocycles. The molecule has 3 aromatic rings. The van der Waals surface area contributed by atoms with Crippen molar-refractivity contribution in [2.45, 2.75) is 25.9 Å². The van der Waals surface area contributed by atoms with E-state index in [9.17, 15) is 10.1 Å². The third-order valence-electron chi connectivity index (χ3n) is 3.86. The van der Waals surface area contributed by atoms with Gasteiger partial charge in [-0.05, 0) is 38.1 Å². The van der Waals surface area contributed by atoms with E-state index >= 15 is 0 Å². The van der Waals surface area contributed by atoms with Gasteiger partial charge in [-0.3, -0.25) is 4.79 Å². The number of carbonyl (C=O) groups is 1. The van der Waals surface area contributed by atoms with Gasteiger partial charge in [-0.2, -0.15) is 5.26 Å². The molecule has 0 spiro atoms. The van der Waals surface area contributed by atoms with Crippen LogP contribution in [0.4, 0.5) is 0 Å². The standard InChI is InChI=1S/C19H18N4O2/c1-12(2)25-19-13(7-6-10-21-19)17(24)14(11-20)18-22-15-8-4-5-9-16(15)23(18)3/h4-10,12,14H,1-3H3/t14-/m0/s1. The largest absolute Gasteiger partial charge is 0.474 e. The Morgan fingerprint density at radius 1 is 1.24 bits per heavy atom. The number of pyridine rings is 1. The summed E-state index contributed by atoms with van der Waals surface area (Å²) in [5.41, 5.74) is 1.91. The Hall–Kier alpha value is -3.20. The maximum Gasteiger partial charge on any atom is 0.224 e. The number of nitriles is 1. The fraction of sp³-hybridized carbons (Fsp3) is 0.263. The second-order valence-corrected chi connectivity index (χ2v) is 5.97. The summed E-state index contributed by atoms with van der Waals surface area (Å²) in [6.07, 6.45) is 1.43. The molecule has 25 heavy (non-hydrogen) atoms. The van der Waals surface area contributed by atoms with E-state index in [0.717, 1.165) is 11.0 Å². The first kappa shape index (κ1) is 16.7. The summed E-state index contributed by atoms with van der Waals surface area (Å²) in [5.74, 6) is -0.754. The number of hydrogen-bond acceptors (Lipinski definition) is 5. The normalized spacial score (nSPS) is 12.1. The highest BCUT2D eigenvalue weighted by atomic mass is 16.5. The van der Waals surface area contributed by atoms with Crippen LogP contribution in [0.3, 0.4) is 0 Å². The minimum Gasteiger partial charge on any atom is -0.474 e. The molecule has 3 rings (SSSR count). The molecule has 0 bridgehead atoms. The zero-order valence-electron chi connectivity index (χ0n) is 14.3. The first-order valence-corrected chi connectivity index (χ1v) is 7.99. The summed E-state index contributed by atoms with van der Waals surface area (Å²) in [4.78, 5) is 21.6. The maximum absolute atomic E-state index is 13.0. The van der Waals surface area contributed by atoms with E-state index < -0.39 is 5.92 Å². The van der Waals surface area contributed by atoms with Crippen LogP contribution in [-0.2, 0) is 7.05 Å². The van der Waals surface area contributed by atoms with E-state index in [1.165, 1.54) is 0 Å². The zero-order chi connectivity index (χ0) is 18.0. The van der Waals surface area contributed by atoms with Gasteiger partial charge in [-0.25, -0.2) is 9.97 Å². The molecule has 2 aromatic heterocycles. The highest BCUT2D eigenvalue weighted by molar-refractivity contribution is 6.04. The molecule has 2 heterocycles. The van der Waals surface area contributed by atoms with Crippen molar-refractivity contribution >= 4 is 16.8 Å².